The topological polar surface area (TPSA) is 69.6 Å². The Hall–Kier alpha value is -2.43. The van der Waals surface area contributed by atoms with Crippen molar-refractivity contribution in [3.05, 3.63) is 48.5 Å². The van der Waals surface area contributed by atoms with Crippen LogP contribution in [0.4, 0.5) is 5.82 Å². The molecule has 0 spiro atoms. The van der Waals surface area contributed by atoms with Gasteiger partial charge in [-0.15, -0.1) is 0 Å². The van der Waals surface area contributed by atoms with Gasteiger partial charge in [0.05, 0.1) is 12.9 Å². The Kier molecular flexibility index (Phi) is 2.22. The second-order valence-corrected chi connectivity index (χ2v) is 3.71. The summed E-state index contributed by atoms with van der Waals surface area (Å²) >= 11 is 0. The van der Waals surface area contributed by atoms with Crippen molar-refractivity contribution >= 4 is 17.0 Å². The van der Waals surface area contributed by atoms with E-state index in [4.69, 9.17) is 5.73 Å². The summed E-state index contributed by atoms with van der Waals surface area (Å²) < 4.78 is 1.95. The van der Waals surface area contributed by atoms with E-state index >= 15 is 0 Å². The Labute approximate surface area is 98.0 Å². The maximum Gasteiger partial charge on any atom is 0.165 e. The fraction of sp³-hybridized carbons (Fsp3) is 0.0833. The Morgan fingerprint density at radius 1 is 1.18 bits per heavy atom. The molecule has 83 valence electrons. The predicted octanol–water partition coefficient (Wildman–Crippen LogP) is 1.26. The molecule has 0 aliphatic heterocycles. The molecule has 5 heteroatoms. The first-order chi connectivity index (χ1) is 8.34. The third-order valence-corrected chi connectivity index (χ3v) is 2.57. The highest BCUT2D eigenvalue weighted by Gasteiger charge is 2.07. The monoisotopic (exact) mass is 224 g/mol. The van der Waals surface area contributed by atoms with Gasteiger partial charge in [0.1, 0.15) is 11.8 Å². The van der Waals surface area contributed by atoms with E-state index in [-0.39, 0.29) is 0 Å². The molecular weight excluding hydrogens is 214 g/mol. The van der Waals surface area contributed by atoms with Gasteiger partial charge in [0.15, 0.2) is 11.5 Å². The van der Waals surface area contributed by atoms with E-state index in [2.05, 4.69) is 21.0 Å². The lowest BCUT2D eigenvalue weighted by Gasteiger charge is -2.03. The van der Waals surface area contributed by atoms with Crippen LogP contribution in [-0.2, 0) is 6.54 Å². The molecule has 0 unspecified atom stereocenters. The highest BCUT2D eigenvalue weighted by atomic mass is 15.1. The second kappa shape index (κ2) is 3.86. The normalized spacial score (nSPS) is 10.8. The van der Waals surface area contributed by atoms with Gasteiger partial charge in [0.2, 0.25) is 0 Å². The summed E-state index contributed by atoms with van der Waals surface area (Å²) in [5, 5.41) is 0. The van der Waals surface area contributed by atoms with Gasteiger partial charge in [0.25, 0.3) is 0 Å². The summed E-state index contributed by atoms with van der Waals surface area (Å²) in [5.74, 6) is 0.412. The van der Waals surface area contributed by atoms with Crippen molar-refractivity contribution in [3.8, 4) is 0 Å². The van der Waals surface area contributed by atoms with Gasteiger partial charge in [-0.05, 0) is 11.6 Å². The van der Waals surface area contributed by atoms with Crippen LogP contribution in [0.2, 0.25) is 0 Å². The third-order valence-electron chi connectivity index (χ3n) is 2.57. The number of benzene rings is 1. The van der Waals surface area contributed by atoms with E-state index in [0.717, 1.165) is 5.65 Å². The van der Waals surface area contributed by atoms with Crippen LogP contribution in [0.5, 0.6) is 0 Å². The fourth-order valence-corrected chi connectivity index (χ4v) is 1.74. The summed E-state index contributed by atoms with van der Waals surface area (Å²) in [4.78, 5) is 12.3. The predicted molar refractivity (Wildman–Crippen MR) is 64.1 cm³/mol. The molecule has 1 radical (unpaired) electrons. The first-order valence-electron chi connectivity index (χ1n) is 5.21. The van der Waals surface area contributed by atoms with Crippen molar-refractivity contribution in [3.63, 3.8) is 0 Å². The molecule has 0 amide bonds. The number of nitrogens with zero attached hydrogens (tertiary/aromatic N) is 4. The smallest absolute Gasteiger partial charge is 0.165 e. The standard InChI is InChI=1S/C12H10N5/c13-11-10-12(15-7-14-11)17(8-16-10)6-9-4-2-1-3-5-9/h2-5,7-8H,6H2,(H2,13,14,15). The molecule has 0 bridgehead atoms. The molecule has 17 heavy (non-hydrogen) atoms. The molecule has 3 aromatic rings. The molecular formula is C12H10N5. The van der Waals surface area contributed by atoms with Crippen LogP contribution in [0, 0.1) is 6.07 Å². The highest BCUT2D eigenvalue weighted by molar-refractivity contribution is 5.81. The number of fused-ring (bicyclic) bond motifs is 1. The van der Waals surface area contributed by atoms with E-state index in [0.29, 0.717) is 17.9 Å². The summed E-state index contributed by atoms with van der Waals surface area (Å²) in [5.41, 5.74) is 8.30. The maximum atomic E-state index is 5.73. The Bertz CT molecular complexity index is 644. The molecule has 0 atom stereocenters. The number of hydrogen-bond donors (Lipinski definition) is 1. The van der Waals surface area contributed by atoms with Crippen LogP contribution in [0.15, 0.2) is 36.9 Å². The number of hydrogen-bond acceptors (Lipinski definition) is 4. The number of anilines is 1. The largest absolute Gasteiger partial charge is 0.382 e. The van der Waals surface area contributed by atoms with Crippen LogP contribution in [-0.4, -0.2) is 19.5 Å². The van der Waals surface area contributed by atoms with Crippen LogP contribution in [0.25, 0.3) is 11.2 Å². The molecule has 2 N–H and O–H groups in total. The van der Waals surface area contributed by atoms with E-state index < -0.39 is 0 Å². The van der Waals surface area contributed by atoms with Crippen molar-refractivity contribution < 1.29 is 0 Å². The summed E-state index contributed by atoms with van der Waals surface area (Å²) in [7, 11) is 0. The van der Waals surface area contributed by atoms with Gasteiger partial charge in [-0.2, -0.15) is 0 Å². The van der Waals surface area contributed by atoms with E-state index in [9.17, 15) is 0 Å². The zero-order valence-electron chi connectivity index (χ0n) is 9.04. The molecule has 1 aromatic carbocycles. The Balaban J connectivity index is 2.05. The average Bonchev–Trinajstić information content (AvgIpc) is 2.76. The van der Waals surface area contributed by atoms with E-state index in [1.54, 1.807) is 6.33 Å². The zero-order valence-corrected chi connectivity index (χ0v) is 9.04. The number of nitrogens with two attached hydrogens (primary N) is 1. The highest BCUT2D eigenvalue weighted by Crippen LogP contribution is 2.15. The second-order valence-electron chi connectivity index (χ2n) is 3.71. The van der Waals surface area contributed by atoms with Crippen molar-refractivity contribution in [1.29, 1.82) is 0 Å². The van der Waals surface area contributed by atoms with Gasteiger partial charge in [-0.1, -0.05) is 24.3 Å². The molecule has 0 saturated carbocycles. The molecule has 5 nitrogen and oxygen atoms in total. The van der Waals surface area contributed by atoms with Crippen LogP contribution >= 0.6 is 0 Å². The van der Waals surface area contributed by atoms with Gasteiger partial charge in [0, 0.05) is 0 Å². The molecule has 3 rings (SSSR count). The van der Waals surface area contributed by atoms with Crippen LogP contribution in [0.3, 0.4) is 0 Å². The van der Waals surface area contributed by atoms with Crippen molar-refractivity contribution in [2.24, 2.45) is 0 Å². The zero-order chi connectivity index (χ0) is 11.7. The molecule has 2 heterocycles. The SMILES string of the molecule is Nc1ncnc2c1ncn2Cc1cc[c]cc1. The third kappa shape index (κ3) is 1.71. The van der Waals surface area contributed by atoms with Crippen molar-refractivity contribution in [2.45, 2.75) is 6.54 Å². The minimum absolute atomic E-state index is 0.412. The van der Waals surface area contributed by atoms with Crippen LogP contribution in [0.1, 0.15) is 5.56 Å². The first kappa shape index (κ1) is 9.77. The summed E-state index contributed by atoms with van der Waals surface area (Å²) in [6.07, 6.45) is 3.18. The fourth-order valence-electron chi connectivity index (χ4n) is 1.74. The van der Waals surface area contributed by atoms with Gasteiger partial charge in [-0.25, -0.2) is 15.0 Å². The van der Waals surface area contributed by atoms with Crippen molar-refractivity contribution in [2.75, 3.05) is 5.73 Å². The molecule has 0 fully saturated rings. The van der Waals surface area contributed by atoms with Crippen LogP contribution < -0.4 is 5.73 Å². The lowest BCUT2D eigenvalue weighted by Crippen LogP contribution is -2.00. The summed E-state index contributed by atoms with van der Waals surface area (Å²) in [6.45, 7) is 0.710. The minimum Gasteiger partial charge on any atom is -0.382 e. The number of rotatable bonds is 2. The van der Waals surface area contributed by atoms with E-state index in [1.807, 2.05) is 28.8 Å². The van der Waals surface area contributed by atoms with Gasteiger partial charge < -0.3 is 10.3 Å². The first-order valence-corrected chi connectivity index (χ1v) is 5.21. The average molecular weight is 224 g/mol. The Morgan fingerprint density at radius 2 is 2.00 bits per heavy atom. The lowest BCUT2D eigenvalue weighted by atomic mass is 10.2. The summed E-state index contributed by atoms with van der Waals surface area (Å²) in [6, 6.07) is 10.8. The van der Waals surface area contributed by atoms with Gasteiger partial charge in [-0.3, -0.25) is 0 Å². The molecule has 0 aliphatic rings. The lowest BCUT2D eigenvalue weighted by molar-refractivity contribution is 0.813. The van der Waals surface area contributed by atoms with E-state index in [1.165, 1.54) is 11.9 Å². The maximum absolute atomic E-state index is 5.73. The molecule has 0 saturated heterocycles. The van der Waals surface area contributed by atoms with Crippen molar-refractivity contribution in [1.82, 2.24) is 19.5 Å². The minimum atomic E-state index is 0.412. The quantitative estimate of drug-likeness (QED) is 0.711. The molecule has 0 aliphatic carbocycles. The number of imidazole rings is 1. The molecule has 2 aromatic heterocycles. The Morgan fingerprint density at radius 3 is 2.82 bits per heavy atom. The number of nitrogen functional groups attached to an aromatic ring is 1. The van der Waals surface area contributed by atoms with Gasteiger partial charge >= 0.3 is 0 Å². The number of aromatic nitrogens is 4.